The second-order valence-corrected chi connectivity index (χ2v) is 6.80. The van der Waals surface area contributed by atoms with Crippen molar-refractivity contribution in [1.82, 2.24) is 5.32 Å². The van der Waals surface area contributed by atoms with E-state index < -0.39 is 0 Å². The number of ether oxygens (including phenoxy) is 1. The van der Waals surface area contributed by atoms with Crippen molar-refractivity contribution in [3.8, 4) is 5.75 Å². The molecular weight excluding hydrogens is 316 g/mol. The molecule has 24 heavy (non-hydrogen) atoms. The van der Waals surface area contributed by atoms with Crippen LogP contribution in [0.1, 0.15) is 37.9 Å². The van der Waals surface area contributed by atoms with Crippen molar-refractivity contribution in [2.45, 2.75) is 33.2 Å². The van der Waals surface area contributed by atoms with Crippen molar-refractivity contribution in [3.63, 3.8) is 0 Å². The number of benzene rings is 2. The standard InChI is InChI=1S/C20H26N2OS/c1-14(2)12-16-8-10-17(11-9-16)15(3)21-20(24)22-18-6-5-7-19(13-18)23-4/h5-11,13-15H,12H2,1-4H3,(H2,21,22,24)/t15-/m0/s1. The van der Waals surface area contributed by atoms with Gasteiger partial charge in [-0.3, -0.25) is 0 Å². The molecule has 2 aromatic rings. The van der Waals surface area contributed by atoms with Gasteiger partial charge in [0.15, 0.2) is 5.11 Å². The second kappa shape index (κ2) is 8.69. The van der Waals surface area contributed by atoms with Crippen LogP contribution in [0.5, 0.6) is 5.75 Å². The molecule has 0 aliphatic heterocycles. The molecule has 0 fully saturated rings. The lowest BCUT2D eigenvalue weighted by Gasteiger charge is -2.18. The Morgan fingerprint density at radius 1 is 1.08 bits per heavy atom. The third-order valence-corrected chi connectivity index (χ3v) is 4.02. The van der Waals surface area contributed by atoms with Gasteiger partial charge in [0, 0.05) is 11.8 Å². The number of hydrogen-bond acceptors (Lipinski definition) is 2. The second-order valence-electron chi connectivity index (χ2n) is 6.39. The molecule has 0 heterocycles. The summed E-state index contributed by atoms with van der Waals surface area (Å²) in [7, 11) is 1.65. The van der Waals surface area contributed by atoms with E-state index in [9.17, 15) is 0 Å². The smallest absolute Gasteiger partial charge is 0.171 e. The van der Waals surface area contributed by atoms with Crippen molar-refractivity contribution in [3.05, 3.63) is 59.7 Å². The van der Waals surface area contributed by atoms with Gasteiger partial charge in [-0.25, -0.2) is 0 Å². The molecule has 2 N–H and O–H groups in total. The zero-order valence-corrected chi connectivity index (χ0v) is 15.6. The summed E-state index contributed by atoms with van der Waals surface area (Å²) in [5, 5.41) is 7.12. The lowest BCUT2D eigenvalue weighted by atomic mass is 10.00. The zero-order chi connectivity index (χ0) is 17.5. The Kier molecular flexibility index (Phi) is 6.62. The first kappa shape index (κ1) is 18.3. The van der Waals surface area contributed by atoms with Gasteiger partial charge in [0.25, 0.3) is 0 Å². The van der Waals surface area contributed by atoms with Crippen LogP contribution in [0.25, 0.3) is 0 Å². The summed E-state index contributed by atoms with van der Waals surface area (Å²) in [5.41, 5.74) is 3.50. The molecular formula is C20H26N2OS. The first-order valence-electron chi connectivity index (χ1n) is 8.28. The van der Waals surface area contributed by atoms with Gasteiger partial charge in [-0.05, 0) is 54.7 Å². The van der Waals surface area contributed by atoms with Gasteiger partial charge in [0.05, 0.1) is 13.2 Å². The highest BCUT2D eigenvalue weighted by Crippen LogP contribution is 2.18. The molecule has 0 spiro atoms. The number of thiocarbonyl (C=S) groups is 1. The SMILES string of the molecule is COc1cccc(NC(=S)N[C@@H](C)c2ccc(CC(C)C)cc2)c1. The molecule has 0 aliphatic rings. The van der Waals surface area contributed by atoms with Crippen LogP contribution in [-0.4, -0.2) is 12.2 Å². The minimum atomic E-state index is 0.142. The molecule has 2 rings (SSSR count). The van der Waals surface area contributed by atoms with Gasteiger partial charge >= 0.3 is 0 Å². The van der Waals surface area contributed by atoms with E-state index in [1.807, 2.05) is 24.3 Å². The van der Waals surface area contributed by atoms with Gasteiger partial charge in [0.2, 0.25) is 0 Å². The molecule has 0 amide bonds. The summed E-state index contributed by atoms with van der Waals surface area (Å²) in [6.07, 6.45) is 1.11. The van der Waals surface area contributed by atoms with E-state index in [0.29, 0.717) is 11.0 Å². The summed E-state index contributed by atoms with van der Waals surface area (Å²) >= 11 is 5.41. The molecule has 0 saturated carbocycles. The van der Waals surface area contributed by atoms with Crippen molar-refractivity contribution in [2.24, 2.45) is 5.92 Å². The van der Waals surface area contributed by atoms with Crippen LogP contribution >= 0.6 is 12.2 Å². The number of methoxy groups -OCH3 is 1. The molecule has 0 aromatic heterocycles. The van der Waals surface area contributed by atoms with Crippen LogP contribution in [0.15, 0.2) is 48.5 Å². The van der Waals surface area contributed by atoms with Crippen LogP contribution < -0.4 is 15.4 Å². The third kappa shape index (κ3) is 5.53. The van der Waals surface area contributed by atoms with Crippen molar-refractivity contribution in [2.75, 3.05) is 12.4 Å². The molecule has 3 nitrogen and oxygen atoms in total. The summed E-state index contributed by atoms with van der Waals surface area (Å²) in [6.45, 7) is 6.58. The fraction of sp³-hybridized carbons (Fsp3) is 0.350. The Morgan fingerprint density at radius 3 is 2.42 bits per heavy atom. The lowest BCUT2D eigenvalue weighted by Crippen LogP contribution is -2.30. The van der Waals surface area contributed by atoms with Crippen LogP contribution in [0, 0.1) is 5.92 Å². The van der Waals surface area contributed by atoms with Crippen LogP contribution in [0.2, 0.25) is 0 Å². The topological polar surface area (TPSA) is 33.3 Å². The van der Waals surface area contributed by atoms with Crippen molar-refractivity contribution >= 4 is 23.0 Å². The molecule has 0 aliphatic carbocycles. The highest BCUT2D eigenvalue weighted by atomic mass is 32.1. The normalized spacial score (nSPS) is 11.9. The van der Waals surface area contributed by atoms with E-state index in [0.717, 1.165) is 17.9 Å². The molecule has 0 radical (unpaired) electrons. The Balaban J connectivity index is 1.93. The maximum atomic E-state index is 5.41. The first-order chi connectivity index (χ1) is 11.5. The first-order valence-corrected chi connectivity index (χ1v) is 8.69. The largest absolute Gasteiger partial charge is 0.497 e. The quantitative estimate of drug-likeness (QED) is 0.728. The maximum Gasteiger partial charge on any atom is 0.171 e. The average molecular weight is 343 g/mol. The monoisotopic (exact) mass is 342 g/mol. The number of anilines is 1. The van der Waals surface area contributed by atoms with E-state index in [1.54, 1.807) is 7.11 Å². The van der Waals surface area contributed by atoms with Crippen LogP contribution in [0.4, 0.5) is 5.69 Å². The van der Waals surface area contributed by atoms with E-state index in [2.05, 4.69) is 55.7 Å². The summed E-state index contributed by atoms with van der Waals surface area (Å²) in [6, 6.07) is 16.6. The molecule has 0 saturated heterocycles. The predicted octanol–water partition coefficient (Wildman–Crippen LogP) is 4.94. The Morgan fingerprint density at radius 2 is 1.79 bits per heavy atom. The van der Waals surface area contributed by atoms with Crippen LogP contribution in [0.3, 0.4) is 0 Å². The van der Waals surface area contributed by atoms with Gasteiger partial charge in [0.1, 0.15) is 5.75 Å². The van der Waals surface area contributed by atoms with Crippen LogP contribution in [-0.2, 0) is 6.42 Å². The Labute approximate surface area is 150 Å². The highest BCUT2D eigenvalue weighted by Gasteiger charge is 2.08. The maximum absolute atomic E-state index is 5.41. The van der Waals surface area contributed by atoms with Crippen molar-refractivity contribution in [1.29, 1.82) is 0 Å². The Bertz CT molecular complexity index is 668. The molecule has 1 atom stereocenters. The van der Waals surface area contributed by atoms with Gasteiger partial charge in [-0.15, -0.1) is 0 Å². The summed E-state index contributed by atoms with van der Waals surface area (Å²) < 4.78 is 5.22. The van der Waals surface area contributed by atoms with E-state index in [4.69, 9.17) is 17.0 Å². The average Bonchev–Trinajstić information content (AvgIpc) is 2.55. The number of hydrogen-bond donors (Lipinski definition) is 2. The predicted molar refractivity (Wildman–Crippen MR) is 106 cm³/mol. The van der Waals surface area contributed by atoms with Gasteiger partial charge < -0.3 is 15.4 Å². The summed E-state index contributed by atoms with van der Waals surface area (Å²) in [5.74, 6) is 1.47. The van der Waals surface area contributed by atoms with E-state index in [-0.39, 0.29) is 6.04 Å². The summed E-state index contributed by atoms with van der Waals surface area (Å²) in [4.78, 5) is 0. The molecule has 128 valence electrons. The fourth-order valence-corrected chi connectivity index (χ4v) is 2.86. The minimum absolute atomic E-state index is 0.142. The fourth-order valence-electron chi connectivity index (χ4n) is 2.56. The molecule has 4 heteroatoms. The highest BCUT2D eigenvalue weighted by molar-refractivity contribution is 7.80. The van der Waals surface area contributed by atoms with Gasteiger partial charge in [-0.2, -0.15) is 0 Å². The number of nitrogens with one attached hydrogen (secondary N) is 2. The molecule has 0 unspecified atom stereocenters. The Hall–Kier alpha value is -2.07. The molecule has 2 aromatic carbocycles. The van der Waals surface area contributed by atoms with Gasteiger partial charge in [-0.1, -0.05) is 44.2 Å². The molecule has 0 bridgehead atoms. The number of rotatable bonds is 6. The lowest BCUT2D eigenvalue weighted by molar-refractivity contribution is 0.415. The zero-order valence-electron chi connectivity index (χ0n) is 14.8. The third-order valence-electron chi connectivity index (χ3n) is 3.80. The minimum Gasteiger partial charge on any atom is -0.497 e. The van der Waals surface area contributed by atoms with Crippen molar-refractivity contribution < 1.29 is 4.74 Å². The van der Waals surface area contributed by atoms with E-state index >= 15 is 0 Å². The van der Waals surface area contributed by atoms with E-state index in [1.165, 1.54) is 11.1 Å².